The van der Waals surface area contributed by atoms with E-state index in [1.54, 1.807) is 35.0 Å². The highest BCUT2D eigenvalue weighted by atomic mass is 79.9. The fraction of sp³-hybridized carbons (Fsp3) is 0.333. The molecular formula is C12H15BrN4OS. The van der Waals surface area contributed by atoms with E-state index in [4.69, 9.17) is 0 Å². The van der Waals surface area contributed by atoms with Crippen LogP contribution in [0.15, 0.2) is 22.0 Å². The van der Waals surface area contributed by atoms with Crippen molar-refractivity contribution in [3.63, 3.8) is 0 Å². The van der Waals surface area contributed by atoms with Gasteiger partial charge >= 0.3 is 6.03 Å². The summed E-state index contributed by atoms with van der Waals surface area (Å²) >= 11 is 5.03. The third-order valence-electron chi connectivity index (χ3n) is 2.60. The number of nitrogens with zero attached hydrogens (tertiary/aromatic N) is 3. The number of nitrogens with one attached hydrogen (secondary N) is 1. The highest BCUT2D eigenvalue weighted by Gasteiger charge is 2.12. The number of hydrogen-bond donors (Lipinski definition) is 1. The van der Waals surface area contributed by atoms with E-state index >= 15 is 0 Å². The maximum absolute atomic E-state index is 12.1. The first-order chi connectivity index (χ1) is 8.95. The van der Waals surface area contributed by atoms with E-state index in [1.807, 2.05) is 24.4 Å². The second kappa shape index (κ2) is 5.75. The summed E-state index contributed by atoms with van der Waals surface area (Å²) in [6.07, 6.45) is 0. The Morgan fingerprint density at radius 2 is 2.32 bits per heavy atom. The van der Waals surface area contributed by atoms with Crippen LogP contribution in [0.3, 0.4) is 0 Å². The zero-order valence-electron chi connectivity index (χ0n) is 11.0. The summed E-state index contributed by atoms with van der Waals surface area (Å²) in [6, 6.07) is 3.71. The normalized spacial score (nSPS) is 10.5. The first-order valence-electron chi connectivity index (χ1n) is 5.71. The van der Waals surface area contributed by atoms with Gasteiger partial charge in [-0.1, -0.05) is 0 Å². The van der Waals surface area contributed by atoms with Crippen LogP contribution in [-0.2, 0) is 13.6 Å². The van der Waals surface area contributed by atoms with E-state index in [2.05, 4.69) is 26.3 Å². The first-order valence-corrected chi connectivity index (χ1v) is 7.38. The van der Waals surface area contributed by atoms with Gasteiger partial charge in [0.2, 0.25) is 0 Å². The molecule has 0 saturated heterocycles. The number of hydrogen-bond acceptors (Lipinski definition) is 3. The summed E-state index contributed by atoms with van der Waals surface area (Å²) in [5.74, 6) is 0.696. The molecule has 0 aliphatic heterocycles. The molecule has 2 rings (SSSR count). The molecule has 102 valence electrons. The van der Waals surface area contributed by atoms with E-state index in [9.17, 15) is 4.79 Å². The van der Waals surface area contributed by atoms with Gasteiger partial charge in [0, 0.05) is 34.9 Å². The predicted octanol–water partition coefficient (Wildman–Crippen LogP) is 3.22. The molecule has 0 aromatic carbocycles. The molecule has 0 unspecified atom stereocenters. The van der Waals surface area contributed by atoms with Crippen molar-refractivity contribution in [2.24, 2.45) is 7.05 Å². The minimum Gasteiger partial charge on any atom is -0.322 e. The highest BCUT2D eigenvalue weighted by molar-refractivity contribution is 9.10. The SMILES string of the molecule is Cc1cc(NC(=O)N(C)Cc2cc(Br)cs2)n(C)n1. The number of urea groups is 1. The highest BCUT2D eigenvalue weighted by Crippen LogP contribution is 2.21. The smallest absolute Gasteiger partial charge is 0.322 e. The standard InChI is InChI=1S/C12H15BrN4OS/c1-8-4-11(17(3)15-8)14-12(18)16(2)6-10-5-9(13)7-19-10/h4-5,7H,6H2,1-3H3,(H,14,18). The first kappa shape index (κ1) is 14.1. The Labute approximate surface area is 124 Å². The molecule has 5 nitrogen and oxygen atoms in total. The van der Waals surface area contributed by atoms with Gasteiger partial charge in [-0.15, -0.1) is 11.3 Å². The predicted molar refractivity (Wildman–Crippen MR) is 80.4 cm³/mol. The number of aryl methyl sites for hydroxylation is 2. The molecule has 0 fully saturated rings. The van der Waals surface area contributed by atoms with E-state index in [0.717, 1.165) is 15.0 Å². The molecule has 0 saturated carbocycles. The van der Waals surface area contributed by atoms with Crippen LogP contribution in [0.4, 0.5) is 10.6 Å². The van der Waals surface area contributed by atoms with Gasteiger partial charge in [0.25, 0.3) is 0 Å². The van der Waals surface area contributed by atoms with Gasteiger partial charge in [0.15, 0.2) is 0 Å². The third kappa shape index (κ3) is 3.57. The van der Waals surface area contributed by atoms with Crippen molar-refractivity contribution >= 4 is 39.1 Å². The van der Waals surface area contributed by atoms with Crippen molar-refractivity contribution in [1.82, 2.24) is 14.7 Å². The maximum atomic E-state index is 12.1. The quantitative estimate of drug-likeness (QED) is 0.930. The third-order valence-corrected chi connectivity index (χ3v) is 4.28. The lowest BCUT2D eigenvalue weighted by molar-refractivity contribution is 0.221. The number of carbonyl (C=O) groups excluding carboxylic acids is 1. The van der Waals surface area contributed by atoms with Gasteiger partial charge in [0.05, 0.1) is 12.2 Å². The van der Waals surface area contributed by atoms with Crippen LogP contribution in [0, 0.1) is 6.92 Å². The number of amides is 2. The average Bonchev–Trinajstić information content (AvgIpc) is 2.85. The second-order valence-corrected chi connectivity index (χ2v) is 6.22. The Kier molecular flexibility index (Phi) is 4.26. The second-order valence-electron chi connectivity index (χ2n) is 4.31. The number of rotatable bonds is 3. The van der Waals surface area contributed by atoms with Crippen molar-refractivity contribution in [3.8, 4) is 0 Å². The van der Waals surface area contributed by atoms with Crippen molar-refractivity contribution < 1.29 is 4.79 Å². The van der Waals surface area contributed by atoms with E-state index in [0.29, 0.717) is 12.4 Å². The lowest BCUT2D eigenvalue weighted by atomic mass is 10.4. The molecule has 7 heteroatoms. The van der Waals surface area contributed by atoms with E-state index < -0.39 is 0 Å². The molecule has 0 spiro atoms. The molecule has 2 amide bonds. The molecule has 2 heterocycles. The summed E-state index contributed by atoms with van der Waals surface area (Å²) in [5.41, 5.74) is 0.877. The Morgan fingerprint density at radius 3 is 2.84 bits per heavy atom. The maximum Gasteiger partial charge on any atom is 0.323 e. The van der Waals surface area contributed by atoms with Crippen LogP contribution in [0.2, 0.25) is 0 Å². The summed E-state index contributed by atoms with van der Waals surface area (Å²) in [5, 5.41) is 9.03. The van der Waals surface area contributed by atoms with Crippen molar-refractivity contribution in [2.45, 2.75) is 13.5 Å². The van der Waals surface area contributed by atoms with Gasteiger partial charge in [-0.3, -0.25) is 10.00 Å². The van der Waals surface area contributed by atoms with Crippen molar-refractivity contribution in [3.05, 3.63) is 32.6 Å². The summed E-state index contributed by atoms with van der Waals surface area (Å²) in [6.45, 7) is 2.47. The summed E-state index contributed by atoms with van der Waals surface area (Å²) < 4.78 is 2.70. The number of halogens is 1. The molecule has 0 radical (unpaired) electrons. The van der Waals surface area contributed by atoms with E-state index in [-0.39, 0.29) is 6.03 Å². The van der Waals surface area contributed by atoms with Crippen LogP contribution < -0.4 is 5.32 Å². The van der Waals surface area contributed by atoms with Crippen LogP contribution in [0.1, 0.15) is 10.6 Å². The number of anilines is 1. The molecule has 0 atom stereocenters. The molecular weight excluding hydrogens is 328 g/mol. The van der Waals surface area contributed by atoms with Gasteiger partial charge < -0.3 is 4.90 Å². The van der Waals surface area contributed by atoms with E-state index in [1.165, 1.54) is 0 Å². The van der Waals surface area contributed by atoms with Crippen molar-refractivity contribution in [1.29, 1.82) is 0 Å². The molecule has 0 aliphatic rings. The number of aromatic nitrogens is 2. The van der Waals surface area contributed by atoms with Crippen LogP contribution in [0.25, 0.3) is 0 Å². The zero-order valence-corrected chi connectivity index (χ0v) is 13.4. The fourth-order valence-electron chi connectivity index (χ4n) is 1.67. The fourth-order valence-corrected chi connectivity index (χ4v) is 3.18. The van der Waals surface area contributed by atoms with Gasteiger partial charge in [0.1, 0.15) is 5.82 Å². The van der Waals surface area contributed by atoms with Gasteiger partial charge in [-0.2, -0.15) is 5.10 Å². The molecule has 1 N–H and O–H groups in total. The number of thiophene rings is 1. The van der Waals surface area contributed by atoms with Gasteiger partial charge in [-0.25, -0.2) is 4.79 Å². The van der Waals surface area contributed by atoms with Crippen LogP contribution >= 0.6 is 27.3 Å². The zero-order chi connectivity index (χ0) is 14.0. The van der Waals surface area contributed by atoms with Crippen molar-refractivity contribution in [2.75, 3.05) is 12.4 Å². The average molecular weight is 343 g/mol. The Balaban J connectivity index is 1.97. The molecule has 19 heavy (non-hydrogen) atoms. The Bertz CT molecular complexity index is 592. The summed E-state index contributed by atoms with van der Waals surface area (Å²) in [7, 11) is 3.57. The molecule has 2 aromatic rings. The largest absolute Gasteiger partial charge is 0.323 e. The minimum absolute atomic E-state index is 0.146. The minimum atomic E-state index is -0.146. The Hall–Kier alpha value is -1.34. The van der Waals surface area contributed by atoms with Crippen LogP contribution in [0.5, 0.6) is 0 Å². The topological polar surface area (TPSA) is 50.2 Å². The monoisotopic (exact) mass is 342 g/mol. The lowest BCUT2D eigenvalue weighted by Crippen LogP contribution is -2.31. The number of carbonyl (C=O) groups is 1. The molecule has 0 bridgehead atoms. The molecule has 0 aliphatic carbocycles. The summed E-state index contributed by atoms with van der Waals surface area (Å²) in [4.78, 5) is 14.8. The van der Waals surface area contributed by atoms with Gasteiger partial charge in [-0.05, 0) is 28.9 Å². The Morgan fingerprint density at radius 1 is 1.58 bits per heavy atom. The lowest BCUT2D eigenvalue weighted by Gasteiger charge is -2.16. The molecule has 2 aromatic heterocycles. The van der Waals surface area contributed by atoms with Crippen LogP contribution in [-0.4, -0.2) is 27.8 Å².